The summed E-state index contributed by atoms with van der Waals surface area (Å²) < 4.78 is 7.81. The molecular weight excluding hydrogens is 468 g/mol. The fourth-order valence-corrected chi connectivity index (χ4v) is 4.23. The largest absolute Gasteiger partial charge is 0.490 e. The Bertz CT molecular complexity index is 537. The Balaban J connectivity index is 1.88. The molecule has 0 fully saturated rings. The zero-order valence-electron chi connectivity index (χ0n) is 10.6. The third-order valence-electron chi connectivity index (χ3n) is 2.55. The maximum absolute atomic E-state index is 5.86. The van der Waals surface area contributed by atoms with Gasteiger partial charge in [0.2, 0.25) is 0 Å². The second-order valence-corrected chi connectivity index (χ2v) is 7.47. The van der Waals surface area contributed by atoms with E-state index in [2.05, 4.69) is 84.2 Å². The molecule has 5 heteroatoms. The highest BCUT2D eigenvalue weighted by atomic mass is 79.9. The van der Waals surface area contributed by atoms with E-state index in [9.17, 15) is 0 Å². The van der Waals surface area contributed by atoms with E-state index in [0.717, 1.165) is 25.8 Å². The van der Waals surface area contributed by atoms with E-state index in [1.807, 2.05) is 6.07 Å². The number of rotatable bonds is 6. The lowest BCUT2D eigenvalue weighted by molar-refractivity contribution is 0.339. The van der Waals surface area contributed by atoms with Crippen LogP contribution in [-0.4, -0.2) is 12.4 Å². The molecule has 0 saturated heterocycles. The van der Waals surface area contributed by atoms with Crippen LogP contribution in [0.1, 0.15) is 5.56 Å². The summed E-state index contributed by atoms with van der Waals surface area (Å²) in [5, 5.41) is 0.828. The van der Waals surface area contributed by atoms with Crippen molar-refractivity contribution in [2.75, 3.05) is 12.4 Å². The molecule has 0 aromatic heterocycles. The van der Waals surface area contributed by atoms with Crippen molar-refractivity contribution in [2.24, 2.45) is 0 Å². The molecule has 2 aromatic carbocycles. The van der Waals surface area contributed by atoms with Crippen LogP contribution in [-0.2, 0) is 5.33 Å². The molecule has 106 valence electrons. The van der Waals surface area contributed by atoms with Gasteiger partial charge < -0.3 is 4.74 Å². The molecule has 0 bridgehead atoms. The van der Waals surface area contributed by atoms with Gasteiger partial charge in [-0.1, -0.05) is 34.1 Å². The van der Waals surface area contributed by atoms with Crippen molar-refractivity contribution < 1.29 is 4.74 Å². The van der Waals surface area contributed by atoms with Crippen LogP contribution in [0.2, 0.25) is 0 Å². The Labute approximate surface area is 148 Å². The SMILES string of the molecule is BrCc1cc(Br)c(OCCSc2ccccc2)c(Br)c1. The summed E-state index contributed by atoms with van der Waals surface area (Å²) in [4.78, 5) is 1.27. The van der Waals surface area contributed by atoms with Gasteiger partial charge in [0.05, 0.1) is 15.6 Å². The van der Waals surface area contributed by atoms with Gasteiger partial charge in [-0.3, -0.25) is 0 Å². The van der Waals surface area contributed by atoms with Gasteiger partial charge in [-0.2, -0.15) is 0 Å². The number of hydrogen-bond donors (Lipinski definition) is 0. The summed E-state index contributed by atoms with van der Waals surface area (Å²) in [5.74, 6) is 1.78. The van der Waals surface area contributed by atoms with Crippen molar-refractivity contribution in [1.29, 1.82) is 0 Å². The zero-order valence-corrected chi connectivity index (χ0v) is 16.2. The molecule has 0 aliphatic heterocycles. The highest BCUT2D eigenvalue weighted by molar-refractivity contribution is 9.11. The zero-order chi connectivity index (χ0) is 14.4. The average Bonchev–Trinajstić information content (AvgIpc) is 2.46. The number of hydrogen-bond acceptors (Lipinski definition) is 2. The van der Waals surface area contributed by atoms with Gasteiger partial charge in [-0.25, -0.2) is 0 Å². The molecule has 0 aliphatic carbocycles. The van der Waals surface area contributed by atoms with Gasteiger partial charge in [0.15, 0.2) is 0 Å². The van der Waals surface area contributed by atoms with Crippen LogP contribution < -0.4 is 4.74 Å². The van der Waals surface area contributed by atoms with Crippen LogP contribution in [0.3, 0.4) is 0 Å². The van der Waals surface area contributed by atoms with Crippen molar-refractivity contribution in [3.63, 3.8) is 0 Å². The molecular formula is C15H13Br3OS. The normalized spacial score (nSPS) is 10.6. The first kappa shape index (κ1) is 16.4. The van der Waals surface area contributed by atoms with Gasteiger partial charge in [0.25, 0.3) is 0 Å². The van der Waals surface area contributed by atoms with Gasteiger partial charge >= 0.3 is 0 Å². The van der Waals surface area contributed by atoms with E-state index in [1.165, 1.54) is 10.5 Å². The lowest BCUT2D eigenvalue weighted by atomic mass is 10.2. The predicted octanol–water partition coefficient (Wildman–Crippen LogP) is 6.28. The van der Waals surface area contributed by atoms with Crippen LogP contribution >= 0.6 is 59.6 Å². The van der Waals surface area contributed by atoms with Crippen LogP contribution in [0.4, 0.5) is 0 Å². The predicted molar refractivity (Wildman–Crippen MR) is 97.1 cm³/mol. The van der Waals surface area contributed by atoms with E-state index in [4.69, 9.17) is 4.74 Å². The van der Waals surface area contributed by atoms with Gasteiger partial charge in [-0.15, -0.1) is 11.8 Å². The summed E-state index contributed by atoms with van der Waals surface area (Å²) in [6.07, 6.45) is 0. The van der Waals surface area contributed by atoms with Crippen molar-refractivity contribution in [3.8, 4) is 5.75 Å². The van der Waals surface area contributed by atoms with Gasteiger partial charge in [-0.05, 0) is 61.7 Å². The molecule has 0 saturated carbocycles. The minimum absolute atomic E-state index is 0.671. The fourth-order valence-electron chi connectivity index (χ4n) is 1.65. The molecule has 0 unspecified atom stereocenters. The number of alkyl halides is 1. The number of thioether (sulfide) groups is 1. The monoisotopic (exact) mass is 478 g/mol. The van der Waals surface area contributed by atoms with E-state index < -0.39 is 0 Å². The Kier molecular flexibility index (Phi) is 6.94. The van der Waals surface area contributed by atoms with E-state index in [-0.39, 0.29) is 0 Å². The molecule has 20 heavy (non-hydrogen) atoms. The average molecular weight is 481 g/mol. The topological polar surface area (TPSA) is 9.23 Å². The molecule has 0 heterocycles. The van der Waals surface area contributed by atoms with E-state index in [1.54, 1.807) is 11.8 Å². The van der Waals surface area contributed by atoms with Crippen LogP contribution in [0.15, 0.2) is 56.3 Å². The summed E-state index contributed by atoms with van der Waals surface area (Å²) in [5.41, 5.74) is 1.20. The lowest BCUT2D eigenvalue weighted by Crippen LogP contribution is -2.01. The smallest absolute Gasteiger partial charge is 0.147 e. The number of benzene rings is 2. The summed E-state index contributed by atoms with van der Waals surface area (Å²) in [6.45, 7) is 0.671. The first-order valence-electron chi connectivity index (χ1n) is 6.05. The van der Waals surface area contributed by atoms with Crippen molar-refractivity contribution in [2.45, 2.75) is 10.2 Å². The molecule has 2 aromatic rings. The second-order valence-electron chi connectivity index (χ2n) is 4.03. The fraction of sp³-hybridized carbons (Fsp3) is 0.200. The Morgan fingerprint density at radius 1 is 1.00 bits per heavy atom. The Hall–Kier alpha value is 0.0300. The quantitative estimate of drug-likeness (QED) is 0.273. The van der Waals surface area contributed by atoms with Crippen LogP contribution in [0.25, 0.3) is 0 Å². The maximum Gasteiger partial charge on any atom is 0.147 e. The molecule has 0 spiro atoms. The summed E-state index contributed by atoms with van der Waals surface area (Å²) in [7, 11) is 0. The maximum atomic E-state index is 5.86. The molecule has 2 rings (SSSR count). The second kappa shape index (κ2) is 8.47. The van der Waals surface area contributed by atoms with Crippen LogP contribution in [0, 0.1) is 0 Å². The first-order chi connectivity index (χ1) is 9.70. The Morgan fingerprint density at radius 2 is 1.65 bits per heavy atom. The lowest BCUT2D eigenvalue weighted by Gasteiger charge is -2.11. The minimum atomic E-state index is 0.671. The summed E-state index contributed by atoms with van der Waals surface area (Å²) in [6, 6.07) is 14.5. The minimum Gasteiger partial charge on any atom is -0.490 e. The van der Waals surface area contributed by atoms with Crippen LogP contribution in [0.5, 0.6) is 5.75 Å². The third-order valence-corrected chi connectivity index (χ3v) is 5.36. The molecule has 0 aliphatic rings. The molecule has 0 atom stereocenters. The highest BCUT2D eigenvalue weighted by Crippen LogP contribution is 2.35. The van der Waals surface area contributed by atoms with Crippen molar-refractivity contribution in [3.05, 3.63) is 57.0 Å². The molecule has 0 amide bonds. The number of ether oxygens (including phenoxy) is 1. The van der Waals surface area contributed by atoms with E-state index >= 15 is 0 Å². The molecule has 1 nitrogen and oxygen atoms in total. The van der Waals surface area contributed by atoms with Gasteiger partial charge in [0.1, 0.15) is 5.75 Å². The number of halogens is 3. The Morgan fingerprint density at radius 3 is 2.25 bits per heavy atom. The van der Waals surface area contributed by atoms with Gasteiger partial charge in [0, 0.05) is 16.0 Å². The van der Waals surface area contributed by atoms with Crippen molar-refractivity contribution >= 4 is 59.6 Å². The first-order valence-corrected chi connectivity index (χ1v) is 9.74. The van der Waals surface area contributed by atoms with Crippen molar-refractivity contribution in [1.82, 2.24) is 0 Å². The third kappa shape index (κ3) is 4.79. The highest BCUT2D eigenvalue weighted by Gasteiger charge is 2.08. The molecule has 0 N–H and O–H groups in total. The standard InChI is InChI=1S/C15H13Br3OS/c16-10-11-8-13(17)15(14(18)9-11)19-6-7-20-12-4-2-1-3-5-12/h1-5,8-9H,6-7,10H2. The summed E-state index contributed by atoms with van der Waals surface area (Å²) >= 11 is 12.4. The molecule has 0 radical (unpaired) electrons. The van der Waals surface area contributed by atoms with E-state index in [0.29, 0.717) is 6.61 Å².